The van der Waals surface area contributed by atoms with Crippen LogP contribution in [0.3, 0.4) is 0 Å². The Hall–Kier alpha value is -1.32. The van der Waals surface area contributed by atoms with Gasteiger partial charge in [-0.1, -0.05) is 6.92 Å². The predicted octanol–water partition coefficient (Wildman–Crippen LogP) is 0.826. The fourth-order valence-electron chi connectivity index (χ4n) is 1.53. The van der Waals surface area contributed by atoms with Gasteiger partial charge >= 0.3 is 5.97 Å². The van der Waals surface area contributed by atoms with Gasteiger partial charge < -0.3 is 9.84 Å². The average Bonchev–Trinajstić information content (AvgIpc) is 2.02. The molecule has 0 fully saturated rings. The zero-order valence-electron chi connectivity index (χ0n) is 7.61. The summed E-state index contributed by atoms with van der Waals surface area (Å²) in [6.07, 6.45) is 1.79. The Balaban J connectivity index is 2.88. The zero-order chi connectivity index (χ0) is 10.0. The van der Waals surface area contributed by atoms with Gasteiger partial charge in [0.05, 0.1) is 12.9 Å². The van der Waals surface area contributed by atoms with Gasteiger partial charge in [-0.15, -0.1) is 0 Å². The molecule has 13 heavy (non-hydrogen) atoms. The van der Waals surface area contributed by atoms with Crippen molar-refractivity contribution in [3.63, 3.8) is 0 Å². The number of ether oxygens (including phenoxy) is 1. The van der Waals surface area contributed by atoms with Crippen LogP contribution in [0.2, 0.25) is 0 Å². The topological polar surface area (TPSA) is 63.6 Å². The zero-order valence-corrected chi connectivity index (χ0v) is 7.61. The second-order valence-corrected chi connectivity index (χ2v) is 3.21. The van der Waals surface area contributed by atoms with Crippen LogP contribution in [0, 0.1) is 11.8 Å². The minimum absolute atomic E-state index is 0.190. The third-order valence-electron chi connectivity index (χ3n) is 2.23. The number of ketones is 1. The summed E-state index contributed by atoms with van der Waals surface area (Å²) in [6.45, 7) is 1.74. The molecule has 0 aromatic carbocycles. The molecule has 2 unspecified atom stereocenters. The lowest BCUT2D eigenvalue weighted by Gasteiger charge is -2.23. The summed E-state index contributed by atoms with van der Waals surface area (Å²) in [5, 5.41) is 8.75. The first-order valence-corrected chi connectivity index (χ1v) is 4.07. The minimum Gasteiger partial charge on any atom is -0.501 e. The molecule has 0 aromatic rings. The van der Waals surface area contributed by atoms with E-state index < -0.39 is 11.9 Å². The van der Waals surface area contributed by atoms with E-state index in [2.05, 4.69) is 0 Å². The molecular weight excluding hydrogens is 172 g/mol. The van der Waals surface area contributed by atoms with Crippen LogP contribution in [0.5, 0.6) is 0 Å². The molecule has 0 amide bonds. The number of hydrogen-bond donors (Lipinski definition) is 1. The molecule has 0 radical (unpaired) electrons. The van der Waals surface area contributed by atoms with E-state index in [0.717, 1.165) is 0 Å². The second kappa shape index (κ2) is 3.60. The van der Waals surface area contributed by atoms with Crippen LogP contribution in [-0.4, -0.2) is 24.0 Å². The van der Waals surface area contributed by atoms with E-state index in [0.29, 0.717) is 12.2 Å². The van der Waals surface area contributed by atoms with Crippen LogP contribution in [0.25, 0.3) is 0 Å². The Morgan fingerprint density at radius 2 is 2.31 bits per heavy atom. The minimum atomic E-state index is -1.05. The van der Waals surface area contributed by atoms with E-state index in [-0.39, 0.29) is 11.7 Å². The third-order valence-corrected chi connectivity index (χ3v) is 2.23. The largest absolute Gasteiger partial charge is 0.501 e. The molecule has 0 aromatic heterocycles. The lowest BCUT2D eigenvalue weighted by Crippen LogP contribution is -2.32. The number of allylic oxidation sites excluding steroid dienone is 2. The first-order valence-electron chi connectivity index (χ1n) is 4.07. The molecule has 1 aliphatic rings. The maximum absolute atomic E-state index is 11.3. The van der Waals surface area contributed by atoms with Crippen molar-refractivity contribution < 1.29 is 19.4 Å². The van der Waals surface area contributed by atoms with Crippen LogP contribution in [0.4, 0.5) is 0 Å². The highest BCUT2D eigenvalue weighted by molar-refractivity contribution is 6.05. The van der Waals surface area contributed by atoms with E-state index in [9.17, 15) is 9.59 Å². The highest BCUT2D eigenvalue weighted by Gasteiger charge is 2.35. The molecular formula is C9H12O4. The van der Waals surface area contributed by atoms with E-state index in [1.54, 1.807) is 6.92 Å². The Bertz CT molecular complexity index is 267. The Morgan fingerprint density at radius 1 is 1.69 bits per heavy atom. The summed E-state index contributed by atoms with van der Waals surface area (Å²) in [5.74, 6) is -1.95. The highest BCUT2D eigenvalue weighted by atomic mass is 16.5. The summed E-state index contributed by atoms with van der Waals surface area (Å²) in [6, 6.07) is 0. The molecule has 1 N–H and O–H groups in total. The maximum Gasteiger partial charge on any atom is 0.314 e. The summed E-state index contributed by atoms with van der Waals surface area (Å²) < 4.78 is 4.91. The van der Waals surface area contributed by atoms with Crippen molar-refractivity contribution in [3.05, 3.63) is 11.8 Å². The molecule has 0 saturated heterocycles. The van der Waals surface area contributed by atoms with E-state index in [1.807, 2.05) is 0 Å². The monoisotopic (exact) mass is 184 g/mol. The molecule has 0 bridgehead atoms. The fourth-order valence-corrected chi connectivity index (χ4v) is 1.53. The quantitative estimate of drug-likeness (QED) is 0.645. The van der Waals surface area contributed by atoms with E-state index in [4.69, 9.17) is 9.84 Å². The van der Waals surface area contributed by atoms with Gasteiger partial charge in [-0.25, -0.2) is 0 Å². The lowest BCUT2D eigenvalue weighted by atomic mass is 9.83. The lowest BCUT2D eigenvalue weighted by molar-refractivity contribution is -0.147. The average molecular weight is 184 g/mol. The number of rotatable bonds is 2. The van der Waals surface area contributed by atoms with Crippen molar-refractivity contribution in [2.24, 2.45) is 11.8 Å². The molecule has 72 valence electrons. The molecule has 0 aliphatic heterocycles. The van der Waals surface area contributed by atoms with Crippen molar-refractivity contribution in [3.8, 4) is 0 Å². The number of carboxylic acid groups (broad SMARTS) is 1. The van der Waals surface area contributed by atoms with E-state index >= 15 is 0 Å². The number of hydrogen-bond acceptors (Lipinski definition) is 3. The molecule has 0 spiro atoms. The number of methoxy groups -OCH3 is 1. The molecule has 1 aliphatic carbocycles. The van der Waals surface area contributed by atoms with Gasteiger partial charge in [0.15, 0.2) is 5.78 Å². The molecule has 2 atom stereocenters. The van der Waals surface area contributed by atoms with Crippen molar-refractivity contribution in [1.82, 2.24) is 0 Å². The molecule has 4 nitrogen and oxygen atoms in total. The summed E-state index contributed by atoms with van der Waals surface area (Å²) in [7, 11) is 1.48. The predicted molar refractivity (Wildman–Crippen MR) is 45.0 cm³/mol. The van der Waals surface area contributed by atoms with Crippen molar-refractivity contribution in [2.45, 2.75) is 13.3 Å². The van der Waals surface area contributed by atoms with Gasteiger partial charge in [0.1, 0.15) is 5.92 Å². The van der Waals surface area contributed by atoms with Crippen molar-refractivity contribution in [1.29, 1.82) is 0 Å². The number of carbonyl (C=O) groups is 2. The van der Waals surface area contributed by atoms with Crippen molar-refractivity contribution >= 4 is 11.8 Å². The van der Waals surface area contributed by atoms with Gasteiger partial charge in [-0.3, -0.25) is 9.59 Å². The van der Waals surface area contributed by atoms with Gasteiger partial charge in [0, 0.05) is 12.5 Å². The number of aliphatic carboxylic acids is 1. The summed E-state index contributed by atoms with van der Waals surface area (Å²) in [5.41, 5.74) is 0. The van der Waals surface area contributed by atoms with Crippen LogP contribution in [0.15, 0.2) is 11.8 Å². The van der Waals surface area contributed by atoms with Crippen molar-refractivity contribution in [2.75, 3.05) is 7.11 Å². The Labute approximate surface area is 76.2 Å². The fraction of sp³-hybridized carbons (Fsp3) is 0.556. The maximum atomic E-state index is 11.3. The number of carbonyl (C=O) groups excluding carboxylic acids is 1. The summed E-state index contributed by atoms with van der Waals surface area (Å²) >= 11 is 0. The molecule has 4 heteroatoms. The van der Waals surface area contributed by atoms with Gasteiger partial charge in [-0.05, 0) is 5.92 Å². The van der Waals surface area contributed by atoms with Crippen LogP contribution >= 0.6 is 0 Å². The van der Waals surface area contributed by atoms with Gasteiger partial charge in [0.2, 0.25) is 0 Å². The third kappa shape index (κ3) is 1.88. The molecule has 0 heterocycles. The first-order chi connectivity index (χ1) is 6.06. The summed E-state index contributed by atoms with van der Waals surface area (Å²) in [4.78, 5) is 22.0. The van der Waals surface area contributed by atoms with Gasteiger partial charge in [-0.2, -0.15) is 0 Å². The standard InChI is InChI=1S/C9H12O4/c1-5-3-6(13-2)4-7(10)8(5)9(11)12/h4-5,8H,3H2,1-2H3,(H,11,12). The normalized spacial score (nSPS) is 28.2. The molecule has 0 saturated carbocycles. The Morgan fingerprint density at radius 3 is 2.69 bits per heavy atom. The number of carboxylic acids is 1. The van der Waals surface area contributed by atoms with Gasteiger partial charge in [0.25, 0.3) is 0 Å². The SMILES string of the molecule is COC1=CC(=O)C(C(=O)O)C(C)C1. The Kier molecular flexibility index (Phi) is 2.70. The van der Waals surface area contributed by atoms with Crippen LogP contribution in [-0.2, 0) is 14.3 Å². The van der Waals surface area contributed by atoms with Crippen LogP contribution in [0.1, 0.15) is 13.3 Å². The second-order valence-electron chi connectivity index (χ2n) is 3.21. The smallest absolute Gasteiger partial charge is 0.314 e. The molecule has 1 rings (SSSR count). The first kappa shape index (κ1) is 9.77. The van der Waals surface area contributed by atoms with Crippen LogP contribution < -0.4 is 0 Å². The highest BCUT2D eigenvalue weighted by Crippen LogP contribution is 2.27. The van der Waals surface area contributed by atoms with E-state index in [1.165, 1.54) is 13.2 Å².